The summed E-state index contributed by atoms with van der Waals surface area (Å²) in [6.07, 6.45) is 3.68. The zero-order valence-electron chi connectivity index (χ0n) is 16.0. The van der Waals surface area contributed by atoms with E-state index in [0.717, 1.165) is 31.8 Å². The molecule has 0 atom stereocenters. The number of phenolic OH excluding ortho intramolecular Hbond substituents is 1. The van der Waals surface area contributed by atoms with Crippen molar-refractivity contribution in [2.75, 3.05) is 13.1 Å². The normalized spacial score (nSPS) is 15.4. The molecule has 1 aliphatic rings. The van der Waals surface area contributed by atoms with Crippen LogP contribution in [0.1, 0.15) is 25.3 Å². The molecular formula is C22H22Cl3NO3. The van der Waals surface area contributed by atoms with Crippen molar-refractivity contribution in [1.29, 1.82) is 0 Å². The predicted octanol–water partition coefficient (Wildman–Crippen LogP) is 6.13. The van der Waals surface area contributed by atoms with Crippen molar-refractivity contribution in [3.63, 3.8) is 0 Å². The van der Waals surface area contributed by atoms with E-state index in [2.05, 4.69) is 11.8 Å². The highest BCUT2D eigenvalue weighted by molar-refractivity contribution is 6.36. The molecule has 7 heteroatoms. The van der Waals surface area contributed by atoms with Crippen LogP contribution in [0.3, 0.4) is 0 Å². The standard InChI is InChI=1S/C22H21Cl2NO3.ClH/c1-13-6-8-25(9-7-13)11-17-20(26)5-4-16-21(27)18(12-28-22(16)17)15-3-2-14(23)10-19(15)24;/h2-5,10,12-13,26H,6-9,11H2,1H3;1H. The Morgan fingerprint density at radius 2 is 1.86 bits per heavy atom. The maximum atomic E-state index is 13.1. The van der Waals surface area contributed by atoms with E-state index in [1.807, 2.05) is 0 Å². The van der Waals surface area contributed by atoms with Crippen molar-refractivity contribution in [2.24, 2.45) is 5.92 Å². The molecule has 4 nitrogen and oxygen atoms in total. The van der Waals surface area contributed by atoms with Crippen molar-refractivity contribution in [3.05, 3.63) is 62.4 Å². The monoisotopic (exact) mass is 453 g/mol. The summed E-state index contributed by atoms with van der Waals surface area (Å²) in [5.74, 6) is 0.869. The van der Waals surface area contributed by atoms with Crippen LogP contribution in [0.25, 0.3) is 22.1 Å². The zero-order valence-corrected chi connectivity index (χ0v) is 18.3. The number of likely N-dealkylation sites (tertiary alicyclic amines) is 1. The molecule has 1 N–H and O–H groups in total. The van der Waals surface area contributed by atoms with Crippen LogP contribution in [0.15, 0.2) is 45.8 Å². The quantitative estimate of drug-likeness (QED) is 0.517. The van der Waals surface area contributed by atoms with Crippen LogP contribution in [0.4, 0.5) is 0 Å². The largest absolute Gasteiger partial charge is 0.507 e. The number of aromatic hydroxyl groups is 1. The molecule has 0 bridgehead atoms. The van der Waals surface area contributed by atoms with E-state index >= 15 is 0 Å². The fourth-order valence-corrected chi connectivity index (χ4v) is 4.25. The number of hydrogen-bond donors (Lipinski definition) is 1. The number of phenols is 1. The van der Waals surface area contributed by atoms with Gasteiger partial charge in [-0.2, -0.15) is 0 Å². The Morgan fingerprint density at radius 1 is 1.14 bits per heavy atom. The summed E-state index contributed by atoms with van der Waals surface area (Å²) in [5, 5.41) is 11.7. The molecule has 0 aliphatic carbocycles. The van der Waals surface area contributed by atoms with Crippen LogP contribution in [0.2, 0.25) is 10.0 Å². The lowest BCUT2D eigenvalue weighted by Crippen LogP contribution is -2.32. The van der Waals surface area contributed by atoms with Gasteiger partial charge in [0, 0.05) is 17.1 Å². The van der Waals surface area contributed by atoms with Gasteiger partial charge in [-0.1, -0.05) is 36.2 Å². The Labute approximate surface area is 185 Å². The van der Waals surface area contributed by atoms with Gasteiger partial charge in [-0.25, -0.2) is 0 Å². The average molecular weight is 455 g/mol. The number of benzene rings is 2. The van der Waals surface area contributed by atoms with Gasteiger partial charge in [-0.15, -0.1) is 12.4 Å². The molecule has 154 valence electrons. The Bertz CT molecular complexity index is 1090. The highest BCUT2D eigenvalue weighted by Gasteiger charge is 2.21. The minimum atomic E-state index is -0.181. The van der Waals surface area contributed by atoms with Crippen LogP contribution < -0.4 is 5.43 Å². The summed E-state index contributed by atoms with van der Waals surface area (Å²) in [4.78, 5) is 15.4. The SMILES string of the molecule is CC1CCN(Cc2c(O)ccc3c(=O)c(-c4ccc(Cl)cc4Cl)coc23)CC1.Cl. The first-order valence-electron chi connectivity index (χ1n) is 9.38. The van der Waals surface area contributed by atoms with Crippen LogP contribution in [0.5, 0.6) is 5.75 Å². The summed E-state index contributed by atoms with van der Waals surface area (Å²) < 4.78 is 5.86. The van der Waals surface area contributed by atoms with Gasteiger partial charge in [0.15, 0.2) is 0 Å². The molecule has 3 aromatic rings. The van der Waals surface area contributed by atoms with Crippen molar-refractivity contribution in [3.8, 4) is 16.9 Å². The smallest absolute Gasteiger partial charge is 0.200 e. The summed E-state index contributed by atoms with van der Waals surface area (Å²) >= 11 is 12.2. The third kappa shape index (κ3) is 4.41. The molecule has 1 fully saturated rings. The molecule has 29 heavy (non-hydrogen) atoms. The van der Waals surface area contributed by atoms with Gasteiger partial charge in [-0.05, 0) is 56.1 Å². The Kier molecular flexibility index (Phi) is 6.79. The molecule has 0 saturated carbocycles. The van der Waals surface area contributed by atoms with Crippen LogP contribution in [0, 0.1) is 5.92 Å². The van der Waals surface area contributed by atoms with E-state index in [9.17, 15) is 9.90 Å². The Morgan fingerprint density at radius 3 is 2.55 bits per heavy atom. The maximum Gasteiger partial charge on any atom is 0.200 e. The van der Waals surface area contributed by atoms with E-state index in [1.165, 1.54) is 6.26 Å². The van der Waals surface area contributed by atoms with E-state index in [4.69, 9.17) is 27.6 Å². The third-order valence-electron chi connectivity index (χ3n) is 5.50. The third-order valence-corrected chi connectivity index (χ3v) is 6.05. The number of nitrogens with zero attached hydrogens (tertiary/aromatic N) is 1. The maximum absolute atomic E-state index is 13.1. The molecule has 1 aliphatic heterocycles. The fraction of sp³-hybridized carbons (Fsp3) is 0.318. The first-order valence-corrected chi connectivity index (χ1v) is 10.1. The molecule has 2 aromatic carbocycles. The van der Waals surface area contributed by atoms with Gasteiger partial charge in [-0.3, -0.25) is 9.69 Å². The van der Waals surface area contributed by atoms with Crippen molar-refractivity contribution in [1.82, 2.24) is 4.90 Å². The highest BCUT2D eigenvalue weighted by Crippen LogP contribution is 2.33. The summed E-state index contributed by atoms with van der Waals surface area (Å²) in [6, 6.07) is 8.16. The Balaban J connectivity index is 0.00000240. The average Bonchev–Trinajstić information content (AvgIpc) is 2.67. The van der Waals surface area contributed by atoms with Crippen molar-refractivity contribution >= 4 is 46.6 Å². The second-order valence-electron chi connectivity index (χ2n) is 7.50. The first kappa shape index (κ1) is 22.0. The molecule has 4 rings (SSSR count). The first-order chi connectivity index (χ1) is 13.4. The lowest BCUT2D eigenvalue weighted by atomic mass is 9.98. The summed E-state index contributed by atoms with van der Waals surface area (Å²) in [6.45, 7) is 4.76. The van der Waals surface area contributed by atoms with Crippen LogP contribution >= 0.6 is 35.6 Å². The zero-order chi connectivity index (χ0) is 19.8. The van der Waals surface area contributed by atoms with Gasteiger partial charge < -0.3 is 9.52 Å². The van der Waals surface area contributed by atoms with Crippen molar-refractivity contribution in [2.45, 2.75) is 26.3 Å². The van der Waals surface area contributed by atoms with Gasteiger partial charge >= 0.3 is 0 Å². The molecule has 0 amide bonds. The second kappa shape index (κ2) is 8.97. The Hall–Kier alpha value is -1.72. The van der Waals surface area contributed by atoms with Gasteiger partial charge in [0.1, 0.15) is 17.6 Å². The predicted molar refractivity (Wildman–Crippen MR) is 121 cm³/mol. The van der Waals surface area contributed by atoms with E-state index in [-0.39, 0.29) is 23.6 Å². The van der Waals surface area contributed by atoms with Gasteiger partial charge in [0.25, 0.3) is 0 Å². The lowest BCUT2D eigenvalue weighted by molar-refractivity contribution is 0.184. The van der Waals surface area contributed by atoms with Crippen LogP contribution in [-0.2, 0) is 6.54 Å². The van der Waals surface area contributed by atoms with E-state index < -0.39 is 0 Å². The second-order valence-corrected chi connectivity index (χ2v) is 8.34. The summed E-state index contributed by atoms with van der Waals surface area (Å²) in [7, 11) is 0. The molecule has 0 unspecified atom stereocenters. The number of piperidine rings is 1. The van der Waals surface area contributed by atoms with E-state index in [1.54, 1.807) is 30.3 Å². The van der Waals surface area contributed by atoms with Gasteiger partial charge in [0.2, 0.25) is 5.43 Å². The number of halogens is 3. The fourth-order valence-electron chi connectivity index (χ4n) is 3.74. The number of rotatable bonds is 3. The molecular weight excluding hydrogens is 433 g/mol. The molecule has 0 spiro atoms. The lowest BCUT2D eigenvalue weighted by Gasteiger charge is -2.30. The number of hydrogen-bond acceptors (Lipinski definition) is 4. The summed E-state index contributed by atoms with van der Waals surface area (Å²) in [5.41, 5.74) is 1.84. The highest BCUT2D eigenvalue weighted by atomic mass is 35.5. The van der Waals surface area contributed by atoms with Crippen LogP contribution in [-0.4, -0.2) is 23.1 Å². The molecule has 1 aromatic heterocycles. The topological polar surface area (TPSA) is 53.7 Å². The minimum Gasteiger partial charge on any atom is -0.507 e. The molecule has 1 saturated heterocycles. The van der Waals surface area contributed by atoms with Gasteiger partial charge in [0.05, 0.1) is 21.5 Å². The molecule has 0 radical (unpaired) electrons. The van der Waals surface area contributed by atoms with E-state index in [0.29, 0.717) is 44.2 Å². The van der Waals surface area contributed by atoms with Crippen molar-refractivity contribution < 1.29 is 9.52 Å². The minimum absolute atomic E-state index is 0. The number of fused-ring (bicyclic) bond motifs is 1. The molecule has 2 heterocycles.